The van der Waals surface area contributed by atoms with Gasteiger partial charge < -0.3 is 14.2 Å². The van der Waals surface area contributed by atoms with E-state index in [0.29, 0.717) is 0 Å². The van der Waals surface area contributed by atoms with E-state index in [1.165, 1.54) is 0 Å². The lowest BCUT2D eigenvalue weighted by atomic mass is 9.96. The van der Waals surface area contributed by atoms with Gasteiger partial charge in [0.05, 0.1) is 19.8 Å². The molecule has 20 heavy (non-hydrogen) atoms. The molecule has 0 amide bonds. The fraction of sp³-hybridized carbons (Fsp3) is 0.667. The second kappa shape index (κ2) is 7.46. The van der Waals surface area contributed by atoms with Crippen molar-refractivity contribution in [2.24, 2.45) is 11.0 Å². The number of hydrogen-bond donors (Lipinski definition) is 1. The smallest absolute Gasteiger partial charge is 0.355 e. The van der Waals surface area contributed by atoms with E-state index in [1.807, 2.05) is 0 Å². The summed E-state index contributed by atoms with van der Waals surface area (Å²) in [6.45, 7) is 5.31. The molecule has 0 aromatic carbocycles. The van der Waals surface area contributed by atoms with Crippen molar-refractivity contribution in [3.8, 4) is 0 Å². The average molecular weight is 286 g/mol. The molecular weight excluding hydrogens is 268 g/mol. The molecule has 1 rings (SSSR count). The minimum absolute atomic E-state index is 0.126. The lowest BCUT2D eigenvalue weighted by molar-refractivity contribution is -0.154. The molecule has 0 saturated heterocycles. The number of esters is 3. The number of nitrogens with one attached hydrogen (secondary N) is 1. The van der Waals surface area contributed by atoms with Crippen LogP contribution in [0, 0.1) is 5.92 Å². The van der Waals surface area contributed by atoms with Crippen molar-refractivity contribution < 1.29 is 28.6 Å². The molecule has 0 fully saturated rings. The number of carbonyl (C=O) groups excluding carboxylic acids is 3. The monoisotopic (exact) mass is 286 g/mol. The van der Waals surface area contributed by atoms with Crippen molar-refractivity contribution in [2.45, 2.75) is 26.8 Å². The standard InChI is InChI=1S/C12H18N2O6/c1-4-18-10(15)7-8(11(16)19-5-2)13-14-9(7)12(17)20-6-3/h7-8,13H,4-6H2,1-3H3/t7-,8+/m1/s1. The van der Waals surface area contributed by atoms with Gasteiger partial charge in [0.2, 0.25) is 0 Å². The highest BCUT2D eigenvalue weighted by atomic mass is 16.5. The van der Waals surface area contributed by atoms with Crippen LogP contribution >= 0.6 is 0 Å². The van der Waals surface area contributed by atoms with Crippen LogP contribution in [-0.2, 0) is 28.6 Å². The molecule has 1 aliphatic rings. The van der Waals surface area contributed by atoms with Gasteiger partial charge in [0.25, 0.3) is 0 Å². The summed E-state index contributed by atoms with van der Waals surface area (Å²) in [6.07, 6.45) is 0. The third-order valence-electron chi connectivity index (χ3n) is 2.52. The molecule has 0 aliphatic carbocycles. The Morgan fingerprint density at radius 3 is 2.10 bits per heavy atom. The maximum atomic E-state index is 11.9. The van der Waals surface area contributed by atoms with Gasteiger partial charge in [-0.15, -0.1) is 0 Å². The third-order valence-corrected chi connectivity index (χ3v) is 2.52. The molecule has 1 heterocycles. The molecule has 112 valence electrons. The maximum absolute atomic E-state index is 11.9. The Labute approximate surface area is 116 Å². The van der Waals surface area contributed by atoms with E-state index < -0.39 is 29.9 Å². The first-order valence-corrected chi connectivity index (χ1v) is 6.40. The first kappa shape index (κ1) is 15.9. The first-order chi connectivity index (χ1) is 9.56. The van der Waals surface area contributed by atoms with E-state index in [2.05, 4.69) is 10.5 Å². The molecule has 0 saturated carbocycles. The van der Waals surface area contributed by atoms with Crippen LogP contribution in [0.25, 0.3) is 0 Å². The lowest BCUT2D eigenvalue weighted by Gasteiger charge is -2.17. The largest absolute Gasteiger partial charge is 0.465 e. The van der Waals surface area contributed by atoms with Crippen LogP contribution in [0.2, 0.25) is 0 Å². The number of hydrazone groups is 1. The van der Waals surface area contributed by atoms with Gasteiger partial charge in [0, 0.05) is 0 Å². The van der Waals surface area contributed by atoms with Gasteiger partial charge in [-0.1, -0.05) is 0 Å². The lowest BCUT2D eigenvalue weighted by Crippen LogP contribution is -2.45. The fourth-order valence-corrected chi connectivity index (χ4v) is 1.72. The molecule has 2 atom stereocenters. The SMILES string of the molecule is CCOC(=O)C1=NN[C@H](C(=O)OCC)[C@H]1C(=O)OCC. The number of ether oxygens (including phenoxy) is 3. The summed E-state index contributed by atoms with van der Waals surface area (Å²) in [5.74, 6) is -3.31. The van der Waals surface area contributed by atoms with Gasteiger partial charge >= 0.3 is 17.9 Å². The van der Waals surface area contributed by atoms with Crippen LogP contribution in [0.3, 0.4) is 0 Å². The Morgan fingerprint density at radius 1 is 1.00 bits per heavy atom. The zero-order chi connectivity index (χ0) is 15.1. The van der Waals surface area contributed by atoms with Gasteiger partial charge in [0.15, 0.2) is 11.8 Å². The van der Waals surface area contributed by atoms with Crippen molar-refractivity contribution in [3.63, 3.8) is 0 Å². The molecule has 1 N–H and O–H groups in total. The van der Waals surface area contributed by atoms with Gasteiger partial charge in [-0.3, -0.25) is 10.2 Å². The molecule has 1 aliphatic heterocycles. The predicted molar refractivity (Wildman–Crippen MR) is 67.7 cm³/mol. The number of hydrogen-bond acceptors (Lipinski definition) is 8. The molecule has 8 heteroatoms. The Balaban J connectivity index is 2.93. The van der Waals surface area contributed by atoms with Crippen molar-refractivity contribution in [2.75, 3.05) is 19.8 Å². The van der Waals surface area contributed by atoms with Crippen LogP contribution in [0.15, 0.2) is 5.10 Å². The van der Waals surface area contributed by atoms with Crippen LogP contribution in [0.1, 0.15) is 20.8 Å². The second-order valence-corrected chi connectivity index (χ2v) is 3.81. The molecule has 0 bridgehead atoms. The van der Waals surface area contributed by atoms with Crippen molar-refractivity contribution in [3.05, 3.63) is 0 Å². The van der Waals surface area contributed by atoms with E-state index >= 15 is 0 Å². The second-order valence-electron chi connectivity index (χ2n) is 3.81. The molecule has 0 aromatic heterocycles. The topological polar surface area (TPSA) is 103 Å². The normalized spacial score (nSPS) is 20.6. The number of rotatable bonds is 6. The Kier molecular flexibility index (Phi) is 5.95. The van der Waals surface area contributed by atoms with Crippen LogP contribution < -0.4 is 5.43 Å². The predicted octanol–water partition coefficient (Wildman–Crippen LogP) is -0.380. The summed E-state index contributed by atoms with van der Waals surface area (Å²) in [7, 11) is 0. The van der Waals surface area contributed by atoms with E-state index in [-0.39, 0.29) is 25.5 Å². The van der Waals surface area contributed by atoms with Crippen molar-refractivity contribution in [1.29, 1.82) is 0 Å². The minimum Gasteiger partial charge on any atom is -0.465 e. The highest BCUT2D eigenvalue weighted by Gasteiger charge is 2.47. The van der Waals surface area contributed by atoms with Crippen molar-refractivity contribution >= 4 is 23.6 Å². The van der Waals surface area contributed by atoms with Crippen molar-refractivity contribution in [1.82, 2.24) is 5.43 Å². The number of carbonyl (C=O) groups is 3. The Bertz CT molecular complexity index is 420. The zero-order valence-electron chi connectivity index (χ0n) is 11.7. The average Bonchev–Trinajstić information content (AvgIpc) is 2.84. The highest BCUT2D eigenvalue weighted by molar-refractivity contribution is 6.42. The van der Waals surface area contributed by atoms with Gasteiger partial charge in [-0.05, 0) is 20.8 Å². The summed E-state index contributed by atoms with van der Waals surface area (Å²) in [5, 5.41) is 3.71. The quantitative estimate of drug-likeness (QED) is 0.524. The Morgan fingerprint density at radius 2 is 1.55 bits per heavy atom. The van der Waals surface area contributed by atoms with E-state index in [4.69, 9.17) is 14.2 Å². The third kappa shape index (κ3) is 3.46. The van der Waals surface area contributed by atoms with E-state index in [0.717, 1.165) is 0 Å². The van der Waals surface area contributed by atoms with Crippen LogP contribution in [-0.4, -0.2) is 49.5 Å². The maximum Gasteiger partial charge on any atom is 0.355 e. The summed E-state index contributed by atoms with van der Waals surface area (Å²) in [6, 6.07) is -1.08. The minimum atomic E-state index is -1.16. The number of nitrogens with zero attached hydrogens (tertiary/aromatic N) is 1. The molecule has 0 radical (unpaired) electrons. The fourth-order valence-electron chi connectivity index (χ4n) is 1.72. The van der Waals surface area contributed by atoms with Crippen LogP contribution in [0.4, 0.5) is 0 Å². The van der Waals surface area contributed by atoms with E-state index in [9.17, 15) is 14.4 Å². The summed E-state index contributed by atoms with van der Waals surface area (Å²) in [4.78, 5) is 35.4. The van der Waals surface area contributed by atoms with Gasteiger partial charge in [0.1, 0.15) is 5.92 Å². The summed E-state index contributed by atoms with van der Waals surface area (Å²) in [5.41, 5.74) is 2.25. The molecule has 0 unspecified atom stereocenters. The highest BCUT2D eigenvalue weighted by Crippen LogP contribution is 2.18. The summed E-state index contributed by atoms with van der Waals surface area (Å²) < 4.78 is 14.5. The molecule has 0 aromatic rings. The molecule has 8 nitrogen and oxygen atoms in total. The Hall–Kier alpha value is -2.12. The van der Waals surface area contributed by atoms with E-state index in [1.54, 1.807) is 20.8 Å². The van der Waals surface area contributed by atoms with Crippen LogP contribution in [0.5, 0.6) is 0 Å². The molecular formula is C12H18N2O6. The van der Waals surface area contributed by atoms with Gasteiger partial charge in [-0.25, -0.2) is 9.59 Å². The van der Waals surface area contributed by atoms with Gasteiger partial charge in [-0.2, -0.15) is 5.10 Å². The zero-order valence-corrected chi connectivity index (χ0v) is 11.7. The summed E-state index contributed by atoms with van der Waals surface area (Å²) >= 11 is 0. The molecule has 0 spiro atoms. The first-order valence-electron chi connectivity index (χ1n) is 6.40.